The van der Waals surface area contributed by atoms with E-state index in [1.54, 1.807) is 42.8 Å². The fourth-order valence-electron chi connectivity index (χ4n) is 2.23. The lowest BCUT2D eigenvalue weighted by molar-refractivity contribution is -0.144. The number of amides is 2. The summed E-state index contributed by atoms with van der Waals surface area (Å²) in [6, 6.07) is 3.43. The summed E-state index contributed by atoms with van der Waals surface area (Å²) >= 11 is 3.23. The quantitative estimate of drug-likeness (QED) is 0.736. The zero-order valence-electron chi connectivity index (χ0n) is 11.2. The van der Waals surface area contributed by atoms with Gasteiger partial charge in [0.25, 0.3) is 5.91 Å². The number of pyridine rings is 1. The molecule has 1 fully saturated rings. The van der Waals surface area contributed by atoms with Gasteiger partial charge >= 0.3 is 0 Å². The molecule has 0 bridgehead atoms. The molecular formula is C13H16BrN3O2. The number of aromatic nitrogens is 1. The van der Waals surface area contributed by atoms with Crippen LogP contribution in [0.25, 0.3) is 0 Å². The van der Waals surface area contributed by atoms with Gasteiger partial charge in [0.1, 0.15) is 10.1 Å². The average molecular weight is 326 g/mol. The molecule has 0 N–H and O–H groups in total. The van der Waals surface area contributed by atoms with Crippen LogP contribution in [-0.2, 0) is 4.79 Å². The van der Waals surface area contributed by atoms with Crippen molar-refractivity contribution >= 4 is 27.7 Å². The highest BCUT2D eigenvalue weighted by molar-refractivity contribution is 9.10. The first-order valence-corrected chi connectivity index (χ1v) is 6.82. The SMILES string of the molecule is CN1CCN(C(=O)c2ccc(Br)nc2)C(C)(C)C1=O. The first-order chi connectivity index (χ1) is 8.84. The Kier molecular flexibility index (Phi) is 3.62. The molecular weight excluding hydrogens is 310 g/mol. The second kappa shape index (κ2) is 4.92. The molecule has 0 aromatic carbocycles. The van der Waals surface area contributed by atoms with E-state index in [4.69, 9.17) is 0 Å². The van der Waals surface area contributed by atoms with Crippen LogP contribution >= 0.6 is 15.9 Å². The Hall–Kier alpha value is -1.43. The highest BCUT2D eigenvalue weighted by atomic mass is 79.9. The van der Waals surface area contributed by atoms with Crippen LogP contribution in [0, 0.1) is 0 Å². The van der Waals surface area contributed by atoms with E-state index in [1.807, 2.05) is 0 Å². The molecule has 102 valence electrons. The van der Waals surface area contributed by atoms with E-state index in [9.17, 15) is 9.59 Å². The minimum Gasteiger partial charge on any atom is -0.342 e. The topological polar surface area (TPSA) is 53.5 Å². The predicted molar refractivity (Wildman–Crippen MR) is 74.7 cm³/mol. The molecule has 0 radical (unpaired) electrons. The van der Waals surface area contributed by atoms with Gasteiger partial charge in [-0.3, -0.25) is 9.59 Å². The maximum atomic E-state index is 12.5. The van der Waals surface area contributed by atoms with Gasteiger partial charge in [-0.1, -0.05) is 0 Å². The standard InChI is InChI=1S/C13H16BrN3O2/c1-13(2)12(19)16(3)6-7-17(13)11(18)9-4-5-10(14)15-8-9/h4-5,8H,6-7H2,1-3H3. The second-order valence-electron chi connectivity index (χ2n) is 5.11. The second-order valence-corrected chi connectivity index (χ2v) is 5.92. The minimum atomic E-state index is -0.822. The van der Waals surface area contributed by atoms with E-state index in [0.717, 1.165) is 0 Å². The molecule has 1 saturated heterocycles. The monoisotopic (exact) mass is 325 g/mol. The fraction of sp³-hybridized carbons (Fsp3) is 0.462. The highest BCUT2D eigenvalue weighted by Gasteiger charge is 2.43. The summed E-state index contributed by atoms with van der Waals surface area (Å²) in [6.45, 7) is 4.63. The molecule has 19 heavy (non-hydrogen) atoms. The van der Waals surface area contributed by atoms with Gasteiger partial charge in [0.2, 0.25) is 5.91 Å². The zero-order valence-corrected chi connectivity index (χ0v) is 12.8. The number of piperazine rings is 1. The van der Waals surface area contributed by atoms with Gasteiger partial charge in [0, 0.05) is 26.3 Å². The molecule has 1 aromatic heterocycles. The van der Waals surface area contributed by atoms with Crippen LogP contribution < -0.4 is 0 Å². The Morgan fingerprint density at radius 1 is 1.37 bits per heavy atom. The third-order valence-electron chi connectivity index (χ3n) is 3.42. The average Bonchev–Trinajstić information content (AvgIpc) is 2.36. The van der Waals surface area contributed by atoms with Gasteiger partial charge in [-0.05, 0) is 41.9 Å². The summed E-state index contributed by atoms with van der Waals surface area (Å²) < 4.78 is 0.678. The largest absolute Gasteiger partial charge is 0.342 e. The van der Waals surface area contributed by atoms with Crippen molar-refractivity contribution in [3.63, 3.8) is 0 Å². The van der Waals surface area contributed by atoms with E-state index in [1.165, 1.54) is 6.20 Å². The number of hydrogen-bond acceptors (Lipinski definition) is 3. The lowest BCUT2D eigenvalue weighted by atomic mass is 9.97. The number of halogens is 1. The Labute approximate surface area is 120 Å². The predicted octanol–water partition coefficient (Wildman–Crippen LogP) is 1.54. The molecule has 2 rings (SSSR count). The van der Waals surface area contributed by atoms with Crippen molar-refractivity contribution in [2.45, 2.75) is 19.4 Å². The Balaban J connectivity index is 2.28. The molecule has 2 amide bonds. The number of likely N-dealkylation sites (N-methyl/N-ethyl adjacent to an activating group) is 1. The van der Waals surface area contributed by atoms with Gasteiger partial charge in [-0.2, -0.15) is 0 Å². The molecule has 0 unspecified atom stereocenters. The van der Waals surface area contributed by atoms with E-state index in [0.29, 0.717) is 23.3 Å². The van der Waals surface area contributed by atoms with Gasteiger partial charge in [-0.25, -0.2) is 4.98 Å². The van der Waals surface area contributed by atoms with Crippen molar-refractivity contribution in [3.8, 4) is 0 Å². The lowest BCUT2D eigenvalue weighted by Crippen LogP contribution is -2.63. The van der Waals surface area contributed by atoms with E-state index in [-0.39, 0.29) is 11.8 Å². The van der Waals surface area contributed by atoms with Crippen LogP contribution in [-0.4, -0.2) is 52.3 Å². The smallest absolute Gasteiger partial charge is 0.256 e. The number of hydrogen-bond donors (Lipinski definition) is 0. The van der Waals surface area contributed by atoms with Gasteiger partial charge in [0.05, 0.1) is 5.56 Å². The molecule has 0 atom stereocenters. The van der Waals surface area contributed by atoms with Crippen molar-refractivity contribution in [1.82, 2.24) is 14.8 Å². The summed E-state index contributed by atoms with van der Waals surface area (Å²) in [5, 5.41) is 0. The normalized spacial score (nSPS) is 18.6. The summed E-state index contributed by atoms with van der Waals surface area (Å²) in [5.41, 5.74) is -0.328. The summed E-state index contributed by atoms with van der Waals surface area (Å²) in [4.78, 5) is 32.0. The third kappa shape index (κ3) is 2.49. The summed E-state index contributed by atoms with van der Waals surface area (Å²) in [6.07, 6.45) is 1.52. The first kappa shape index (κ1) is 14.0. The van der Waals surface area contributed by atoms with Crippen molar-refractivity contribution < 1.29 is 9.59 Å². The van der Waals surface area contributed by atoms with E-state index >= 15 is 0 Å². The van der Waals surface area contributed by atoms with Crippen LogP contribution in [0.2, 0.25) is 0 Å². The molecule has 1 aromatic rings. The van der Waals surface area contributed by atoms with Gasteiger partial charge in [-0.15, -0.1) is 0 Å². The molecule has 5 nitrogen and oxygen atoms in total. The summed E-state index contributed by atoms with van der Waals surface area (Å²) in [7, 11) is 1.76. The summed E-state index contributed by atoms with van der Waals surface area (Å²) in [5.74, 6) is -0.205. The van der Waals surface area contributed by atoms with Crippen molar-refractivity contribution in [2.75, 3.05) is 20.1 Å². The van der Waals surface area contributed by atoms with Gasteiger partial charge in [0.15, 0.2) is 0 Å². The molecule has 1 aliphatic rings. The minimum absolute atomic E-state index is 0.0443. The van der Waals surface area contributed by atoms with E-state index in [2.05, 4.69) is 20.9 Å². The van der Waals surface area contributed by atoms with Crippen molar-refractivity contribution in [3.05, 3.63) is 28.5 Å². The van der Waals surface area contributed by atoms with Crippen molar-refractivity contribution in [1.29, 1.82) is 0 Å². The fourth-order valence-corrected chi connectivity index (χ4v) is 2.46. The molecule has 6 heteroatoms. The number of rotatable bonds is 1. The highest BCUT2D eigenvalue weighted by Crippen LogP contribution is 2.24. The molecule has 2 heterocycles. The Bertz CT molecular complexity index is 513. The maximum absolute atomic E-state index is 12.5. The van der Waals surface area contributed by atoms with Crippen LogP contribution in [0.15, 0.2) is 22.9 Å². The number of carbonyl (C=O) groups is 2. The van der Waals surface area contributed by atoms with Crippen LogP contribution in [0.5, 0.6) is 0 Å². The zero-order chi connectivity index (χ0) is 14.2. The van der Waals surface area contributed by atoms with E-state index < -0.39 is 5.54 Å². The maximum Gasteiger partial charge on any atom is 0.256 e. The van der Waals surface area contributed by atoms with Gasteiger partial charge < -0.3 is 9.80 Å². The first-order valence-electron chi connectivity index (χ1n) is 6.03. The Morgan fingerprint density at radius 2 is 2.05 bits per heavy atom. The molecule has 0 aliphatic carbocycles. The lowest BCUT2D eigenvalue weighted by Gasteiger charge is -2.44. The molecule has 1 aliphatic heterocycles. The van der Waals surface area contributed by atoms with Crippen molar-refractivity contribution in [2.24, 2.45) is 0 Å². The third-order valence-corrected chi connectivity index (χ3v) is 3.89. The molecule has 0 spiro atoms. The molecule has 0 saturated carbocycles. The number of nitrogens with zero attached hydrogens (tertiary/aromatic N) is 3. The van der Waals surface area contributed by atoms with Crippen LogP contribution in [0.1, 0.15) is 24.2 Å². The van der Waals surface area contributed by atoms with Crippen LogP contribution in [0.3, 0.4) is 0 Å². The number of carbonyl (C=O) groups excluding carboxylic acids is 2. The van der Waals surface area contributed by atoms with Crippen LogP contribution in [0.4, 0.5) is 0 Å². The Morgan fingerprint density at radius 3 is 2.63 bits per heavy atom.